The van der Waals surface area contributed by atoms with Gasteiger partial charge in [0, 0.05) is 6.54 Å². The van der Waals surface area contributed by atoms with Crippen LogP contribution in [-0.2, 0) is 11.2 Å². The van der Waals surface area contributed by atoms with Crippen molar-refractivity contribution in [2.24, 2.45) is 0 Å². The Morgan fingerprint density at radius 3 is 2.84 bits per heavy atom. The number of nitrogens with one attached hydrogen (secondary N) is 1. The van der Waals surface area contributed by atoms with Gasteiger partial charge in [-0.2, -0.15) is 0 Å². The van der Waals surface area contributed by atoms with Crippen molar-refractivity contribution in [1.82, 2.24) is 5.32 Å². The molecule has 0 heterocycles. The van der Waals surface area contributed by atoms with Gasteiger partial charge in [0.25, 0.3) is 0 Å². The number of benzene rings is 1. The summed E-state index contributed by atoms with van der Waals surface area (Å²) in [6.07, 6.45) is 1.31. The number of aryl methyl sites for hydroxylation is 1. The van der Waals surface area contributed by atoms with Crippen molar-refractivity contribution in [3.8, 4) is 5.75 Å². The Hall–Kier alpha value is -1.55. The molecule has 0 saturated heterocycles. The van der Waals surface area contributed by atoms with Crippen molar-refractivity contribution >= 4 is 5.91 Å². The van der Waals surface area contributed by atoms with Gasteiger partial charge in [0.2, 0.25) is 5.91 Å². The fraction of sp³-hybridized carbons (Fsp3) is 0.533. The Morgan fingerprint density at radius 1 is 1.47 bits per heavy atom. The molecule has 0 radical (unpaired) electrons. The molecule has 0 aliphatic rings. The zero-order chi connectivity index (χ0) is 14.3. The first-order chi connectivity index (χ1) is 9.06. The molecule has 0 spiro atoms. The van der Waals surface area contributed by atoms with Gasteiger partial charge < -0.3 is 15.2 Å². The van der Waals surface area contributed by atoms with Crippen molar-refractivity contribution in [2.45, 2.75) is 39.2 Å². The Balaban J connectivity index is 2.44. The normalized spacial score (nSPS) is 12.0. The zero-order valence-electron chi connectivity index (χ0n) is 11.9. The van der Waals surface area contributed by atoms with Gasteiger partial charge >= 0.3 is 0 Å². The lowest BCUT2D eigenvalue weighted by atomic mass is 10.1. The van der Waals surface area contributed by atoms with Gasteiger partial charge in [-0.1, -0.05) is 19.1 Å². The molecule has 0 saturated carbocycles. The minimum atomic E-state index is -0.334. The van der Waals surface area contributed by atoms with E-state index >= 15 is 0 Å². The molecular weight excluding hydrogens is 242 g/mol. The van der Waals surface area contributed by atoms with Crippen LogP contribution in [0.1, 0.15) is 30.9 Å². The van der Waals surface area contributed by atoms with Crippen molar-refractivity contribution in [3.05, 3.63) is 29.3 Å². The average molecular weight is 265 g/mol. The molecular formula is C15H23NO3. The summed E-state index contributed by atoms with van der Waals surface area (Å²) in [4.78, 5) is 11.7. The number of carbonyl (C=O) groups excluding carboxylic acids is 1. The largest absolute Gasteiger partial charge is 0.496 e. The van der Waals surface area contributed by atoms with E-state index in [1.54, 1.807) is 7.11 Å². The SMILES string of the molecule is CCC(O)CCNC(=O)Cc1ccc(C)c(OC)c1. The molecule has 4 heteroatoms. The van der Waals surface area contributed by atoms with Gasteiger partial charge in [-0.25, -0.2) is 0 Å². The van der Waals surface area contributed by atoms with Crippen LogP contribution in [0, 0.1) is 6.92 Å². The van der Waals surface area contributed by atoms with E-state index in [1.807, 2.05) is 32.0 Å². The highest BCUT2D eigenvalue weighted by molar-refractivity contribution is 5.78. The van der Waals surface area contributed by atoms with Crippen molar-refractivity contribution in [1.29, 1.82) is 0 Å². The number of aliphatic hydroxyl groups excluding tert-OH is 1. The fourth-order valence-corrected chi connectivity index (χ4v) is 1.80. The molecule has 1 amide bonds. The molecule has 0 fully saturated rings. The summed E-state index contributed by atoms with van der Waals surface area (Å²) < 4.78 is 5.23. The fourth-order valence-electron chi connectivity index (χ4n) is 1.80. The number of aliphatic hydroxyl groups is 1. The van der Waals surface area contributed by atoms with Gasteiger partial charge in [0.05, 0.1) is 19.6 Å². The number of rotatable bonds is 7. The first-order valence-electron chi connectivity index (χ1n) is 6.65. The molecule has 1 unspecified atom stereocenters. The lowest BCUT2D eigenvalue weighted by molar-refractivity contribution is -0.120. The summed E-state index contributed by atoms with van der Waals surface area (Å²) >= 11 is 0. The van der Waals surface area contributed by atoms with Crippen LogP contribution >= 0.6 is 0 Å². The van der Waals surface area contributed by atoms with E-state index in [4.69, 9.17) is 4.74 Å². The van der Waals surface area contributed by atoms with Crippen LogP contribution in [0.5, 0.6) is 5.75 Å². The first-order valence-corrected chi connectivity index (χ1v) is 6.65. The second kappa shape index (κ2) is 7.79. The number of amides is 1. The maximum absolute atomic E-state index is 11.7. The number of carbonyl (C=O) groups is 1. The van der Waals surface area contributed by atoms with Gasteiger partial charge in [0.15, 0.2) is 0 Å². The third-order valence-corrected chi connectivity index (χ3v) is 3.11. The van der Waals surface area contributed by atoms with Crippen molar-refractivity contribution in [3.63, 3.8) is 0 Å². The van der Waals surface area contributed by atoms with Gasteiger partial charge in [-0.05, 0) is 37.0 Å². The third-order valence-electron chi connectivity index (χ3n) is 3.11. The van der Waals surface area contributed by atoms with E-state index in [9.17, 15) is 9.90 Å². The summed E-state index contributed by atoms with van der Waals surface area (Å²) in [7, 11) is 1.62. The molecule has 1 rings (SSSR count). The van der Waals surface area contributed by atoms with Crippen LogP contribution in [0.3, 0.4) is 0 Å². The lowest BCUT2D eigenvalue weighted by Crippen LogP contribution is -2.28. The molecule has 1 aromatic rings. The lowest BCUT2D eigenvalue weighted by Gasteiger charge is -2.10. The quantitative estimate of drug-likeness (QED) is 0.790. The predicted molar refractivity (Wildman–Crippen MR) is 75.4 cm³/mol. The maximum atomic E-state index is 11.7. The molecule has 0 aliphatic carbocycles. The molecule has 1 aromatic carbocycles. The highest BCUT2D eigenvalue weighted by Gasteiger charge is 2.07. The molecule has 0 aliphatic heterocycles. The van der Waals surface area contributed by atoms with E-state index in [1.165, 1.54) is 0 Å². The first kappa shape index (κ1) is 15.5. The number of ether oxygens (including phenoxy) is 1. The minimum absolute atomic E-state index is 0.0331. The molecule has 19 heavy (non-hydrogen) atoms. The second-order valence-corrected chi connectivity index (χ2v) is 4.68. The molecule has 4 nitrogen and oxygen atoms in total. The highest BCUT2D eigenvalue weighted by atomic mass is 16.5. The zero-order valence-corrected chi connectivity index (χ0v) is 11.9. The topological polar surface area (TPSA) is 58.6 Å². The maximum Gasteiger partial charge on any atom is 0.224 e. The van der Waals surface area contributed by atoms with Gasteiger partial charge in [-0.15, -0.1) is 0 Å². The van der Waals surface area contributed by atoms with E-state index in [-0.39, 0.29) is 12.0 Å². The number of methoxy groups -OCH3 is 1. The van der Waals surface area contributed by atoms with E-state index in [0.717, 1.165) is 16.9 Å². The minimum Gasteiger partial charge on any atom is -0.496 e. The average Bonchev–Trinajstić information content (AvgIpc) is 2.40. The Labute approximate surface area is 114 Å². The highest BCUT2D eigenvalue weighted by Crippen LogP contribution is 2.19. The smallest absolute Gasteiger partial charge is 0.224 e. The van der Waals surface area contributed by atoms with Crippen LogP contribution in [-0.4, -0.2) is 30.8 Å². The number of hydrogen-bond acceptors (Lipinski definition) is 3. The van der Waals surface area contributed by atoms with E-state index in [2.05, 4.69) is 5.32 Å². The summed E-state index contributed by atoms with van der Waals surface area (Å²) in [6, 6.07) is 5.76. The molecule has 106 valence electrons. The molecule has 1 atom stereocenters. The summed E-state index contributed by atoms with van der Waals surface area (Å²) in [6.45, 7) is 4.40. The Morgan fingerprint density at radius 2 is 2.21 bits per heavy atom. The summed E-state index contributed by atoms with van der Waals surface area (Å²) in [5.41, 5.74) is 1.98. The third kappa shape index (κ3) is 5.30. The van der Waals surface area contributed by atoms with E-state index < -0.39 is 0 Å². The Kier molecular flexibility index (Phi) is 6.36. The summed E-state index contributed by atoms with van der Waals surface area (Å²) in [5, 5.41) is 12.2. The Bertz CT molecular complexity index is 418. The van der Waals surface area contributed by atoms with Crippen LogP contribution < -0.4 is 10.1 Å². The standard InChI is InChI=1S/C15H23NO3/c1-4-13(17)7-8-16-15(18)10-12-6-5-11(2)14(9-12)19-3/h5-6,9,13,17H,4,7-8,10H2,1-3H3,(H,16,18). The van der Waals surface area contributed by atoms with Crippen LogP contribution in [0.25, 0.3) is 0 Å². The van der Waals surface area contributed by atoms with Crippen LogP contribution in [0.2, 0.25) is 0 Å². The van der Waals surface area contributed by atoms with Gasteiger partial charge in [0.1, 0.15) is 5.75 Å². The van der Waals surface area contributed by atoms with Crippen molar-refractivity contribution < 1.29 is 14.6 Å². The number of hydrogen-bond donors (Lipinski definition) is 2. The van der Waals surface area contributed by atoms with Crippen LogP contribution in [0.15, 0.2) is 18.2 Å². The van der Waals surface area contributed by atoms with E-state index in [0.29, 0.717) is 25.8 Å². The molecule has 0 aromatic heterocycles. The molecule has 0 bridgehead atoms. The van der Waals surface area contributed by atoms with Crippen LogP contribution in [0.4, 0.5) is 0 Å². The predicted octanol–water partition coefficient (Wildman–Crippen LogP) is 1.82. The monoisotopic (exact) mass is 265 g/mol. The second-order valence-electron chi connectivity index (χ2n) is 4.68. The van der Waals surface area contributed by atoms with Gasteiger partial charge in [-0.3, -0.25) is 4.79 Å². The molecule has 2 N–H and O–H groups in total. The van der Waals surface area contributed by atoms with Crippen molar-refractivity contribution in [2.75, 3.05) is 13.7 Å². The summed E-state index contributed by atoms with van der Waals surface area (Å²) in [5.74, 6) is 0.765.